The lowest BCUT2D eigenvalue weighted by Gasteiger charge is -2.32. The second kappa shape index (κ2) is 9.13. The summed E-state index contributed by atoms with van der Waals surface area (Å²) in [7, 11) is 4.74. The molecule has 1 atom stereocenters. The van der Waals surface area contributed by atoms with Gasteiger partial charge in [-0.2, -0.15) is 5.10 Å². The van der Waals surface area contributed by atoms with Crippen molar-refractivity contribution in [2.24, 2.45) is 0 Å². The van der Waals surface area contributed by atoms with Crippen LogP contribution in [-0.2, 0) is 11.3 Å². The molecule has 1 amide bonds. The first-order valence-electron chi connectivity index (χ1n) is 10.8. The molecule has 0 spiro atoms. The number of likely N-dealkylation sites (tertiary alicyclic amines) is 1. The molecule has 168 valence electrons. The number of hydrogen-bond donors (Lipinski definition) is 0. The van der Waals surface area contributed by atoms with Gasteiger partial charge in [-0.25, -0.2) is 9.48 Å². The lowest BCUT2D eigenvalue weighted by molar-refractivity contribution is 0.0702. The summed E-state index contributed by atoms with van der Waals surface area (Å²) in [4.78, 5) is 27.9. The molecule has 2 heterocycles. The summed E-state index contributed by atoms with van der Waals surface area (Å²) in [6, 6.07) is 5.45. The second-order valence-corrected chi connectivity index (χ2v) is 8.12. The Hall–Kier alpha value is -2.81. The van der Waals surface area contributed by atoms with Crippen LogP contribution in [0.15, 0.2) is 23.0 Å². The molecule has 9 heteroatoms. The van der Waals surface area contributed by atoms with Gasteiger partial charge < -0.3 is 19.1 Å². The van der Waals surface area contributed by atoms with Crippen molar-refractivity contribution in [1.29, 1.82) is 0 Å². The first-order valence-corrected chi connectivity index (χ1v) is 10.8. The van der Waals surface area contributed by atoms with Crippen LogP contribution in [0.3, 0.4) is 0 Å². The van der Waals surface area contributed by atoms with Gasteiger partial charge in [0.25, 0.3) is 5.91 Å². The van der Waals surface area contributed by atoms with Crippen molar-refractivity contribution in [3.63, 3.8) is 0 Å². The van der Waals surface area contributed by atoms with Crippen molar-refractivity contribution in [1.82, 2.24) is 19.2 Å². The fraction of sp³-hybridized carbons (Fsp3) is 0.591. The van der Waals surface area contributed by atoms with Gasteiger partial charge in [-0.15, -0.1) is 0 Å². The third-order valence-electron chi connectivity index (χ3n) is 6.02. The molecule has 4 rings (SSSR count). The summed E-state index contributed by atoms with van der Waals surface area (Å²) in [6.07, 6.45) is 3.78. The summed E-state index contributed by atoms with van der Waals surface area (Å²) >= 11 is 0. The Bertz CT molecular complexity index is 994. The van der Waals surface area contributed by atoms with Gasteiger partial charge in [-0.05, 0) is 43.9 Å². The Morgan fingerprint density at radius 3 is 2.58 bits per heavy atom. The number of ether oxygens (including phenoxy) is 3. The number of amides is 1. The van der Waals surface area contributed by atoms with E-state index >= 15 is 0 Å². The highest BCUT2D eigenvalue weighted by Gasteiger charge is 2.35. The van der Waals surface area contributed by atoms with Crippen LogP contribution in [0.4, 0.5) is 0 Å². The maximum atomic E-state index is 13.2. The molecule has 1 saturated heterocycles. The second-order valence-electron chi connectivity index (χ2n) is 8.12. The minimum absolute atomic E-state index is 0.0370. The van der Waals surface area contributed by atoms with E-state index in [4.69, 9.17) is 14.2 Å². The number of hydrogen-bond acceptors (Lipinski definition) is 6. The Labute approximate surface area is 181 Å². The van der Waals surface area contributed by atoms with Crippen molar-refractivity contribution in [3.05, 3.63) is 40.1 Å². The molecule has 1 unspecified atom stereocenters. The maximum Gasteiger partial charge on any atom is 0.346 e. The van der Waals surface area contributed by atoms with Gasteiger partial charge >= 0.3 is 5.69 Å². The fourth-order valence-corrected chi connectivity index (χ4v) is 4.24. The molecule has 31 heavy (non-hydrogen) atoms. The van der Waals surface area contributed by atoms with E-state index in [9.17, 15) is 9.59 Å². The van der Waals surface area contributed by atoms with E-state index in [0.717, 1.165) is 31.5 Å². The number of aromatic nitrogens is 3. The van der Waals surface area contributed by atoms with Crippen molar-refractivity contribution in [3.8, 4) is 11.5 Å². The lowest BCUT2D eigenvalue weighted by atomic mass is 9.96. The minimum atomic E-state index is -0.0714. The van der Waals surface area contributed by atoms with Crippen molar-refractivity contribution in [2.45, 2.75) is 44.2 Å². The highest BCUT2D eigenvalue weighted by molar-refractivity contribution is 5.95. The van der Waals surface area contributed by atoms with Crippen molar-refractivity contribution in [2.75, 3.05) is 41.0 Å². The Morgan fingerprint density at radius 2 is 1.90 bits per heavy atom. The zero-order chi connectivity index (χ0) is 22.0. The van der Waals surface area contributed by atoms with E-state index in [1.165, 1.54) is 4.68 Å². The van der Waals surface area contributed by atoms with Crippen LogP contribution < -0.4 is 15.2 Å². The normalized spacial score (nSPS) is 18.8. The third kappa shape index (κ3) is 4.32. The lowest BCUT2D eigenvalue weighted by Crippen LogP contribution is -2.40. The topological polar surface area (TPSA) is 87.8 Å². The molecule has 0 N–H and O–H groups in total. The summed E-state index contributed by atoms with van der Waals surface area (Å²) in [6.45, 7) is 2.10. The molecule has 2 fully saturated rings. The number of nitrogens with zero attached hydrogens (tertiary/aromatic N) is 4. The predicted molar refractivity (Wildman–Crippen MR) is 114 cm³/mol. The Balaban J connectivity index is 1.56. The molecule has 1 aliphatic carbocycles. The third-order valence-corrected chi connectivity index (χ3v) is 6.02. The largest absolute Gasteiger partial charge is 0.493 e. The van der Waals surface area contributed by atoms with Gasteiger partial charge in [-0.3, -0.25) is 9.36 Å². The van der Waals surface area contributed by atoms with Crippen molar-refractivity contribution >= 4 is 5.91 Å². The summed E-state index contributed by atoms with van der Waals surface area (Å²) < 4.78 is 19.1. The van der Waals surface area contributed by atoms with Crippen LogP contribution in [0.2, 0.25) is 0 Å². The molecular formula is C22H30N4O5. The smallest absolute Gasteiger partial charge is 0.346 e. The van der Waals surface area contributed by atoms with E-state index < -0.39 is 0 Å². The predicted octanol–water partition coefficient (Wildman–Crippen LogP) is 2.06. The molecule has 2 aromatic rings. The van der Waals surface area contributed by atoms with Crippen LogP contribution in [0, 0.1) is 0 Å². The number of piperidine rings is 1. The number of rotatable bonds is 8. The van der Waals surface area contributed by atoms with Gasteiger partial charge in [0, 0.05) is 37.7 Å². The van der Waals surface area contributed by atoms with Crippen LogP contribution in [0.25, 0.3) is 0 Å². The molecule has 1 saturated carbocycles. The molecule has 2 aliphatic rings. The Morgan fingerprint density at radius 1 is 1.13 bits per heavy atom. The summed E-state index contributed by atoms with van der Waals surface area (Å²) in [5.74, 6) is 1.90. The SMILES string of the molecule is COCCn1nc(C2CCCN(C(=O)c3ccc(OC)c(OC)c3)C2)n(C2CC2)c1=O. The number of benzene rings is 1. The van der Waals surface area contributed by atoms with E-state index in [0.29, 0.717) is 43.3 Å². The van der Waals surface area contributed by atoms with Gasteiger partial charge in [0.15, 0.2) is 11.5 Å². The summed E-state index contributed by atoms with van der Waals surface area (Å²) in [5.41, 5.74) is 0.487. The van der Waals surface area contributed by atoms with Gasteiger partial charge in [0.1, 0.15) is 5.82 Å². The fourth-order valence-electron chi connectivity index (χ4n) is 4.24. The van der Waals surface area contributed by atoms with E-state index in [-0.39, 0.29) is 23.6 Å². The van der Waals surface area contributed by atoms with Crippen LogP contribution >= 0.6 is 0 Å². The molecule has 9 nitrogen and oxygen atoms in total. The molecule has 1 aliphatic heterocycles. The van der Waals surface area contributed by atoms with E-state index in [1.54, 1.807) is 39.5 Å². The quantitative estimate of drug-likeness (QED) is 0.637. The van der Waals surface area contributed by atoms with Crippen molar-refractivity contribution < 1.29 is 19.0 Å². The minimum Gasteiger partial charge on any atom is -0.493 e. The van der Waals surface area contributed by atoms with Crippen LogP contribution in [0.5, 0.6) is 11.5 Å². The van der Waals surface area contributed by atoms with Crippen LogP contribution in [0.1, 0.15) is 53.8 Å². The first-order chi connectivity index (χ1) is 15.1. The number of carbonyl (C=O) groups excluding carboxylic acids is 1. The highest BCUT2D eigenvalue weighted by Crippen LogP contribution is 2.37. The van der Waals surface area contributed by atoms with E-state index in [2.05, 4.69) is 5.10 Å². The summed E-state index contributed by atoms with van der Waals surface area (Å²) in [5, 5.41) is 4.66. The highest BCUT2D eigenvalue weighted by atomic mass is 16.5. The molecule has 0 bridgehead atoms. The molecular weight excluding hydrogens is 400 g/mol. The zero-order valence-corrected chi connectivity index (χ0v) is 18.4. The number of carbonyl (C=O) groups is 1. The maximum absolute atomic E-state index is 13.2. The van der Waals surface area contributed by atoms with Gasteiger partial charge in [0.2, 0.25) is 0 Å². The van der Waals surface area contributed by atoms with E-state index in [1.807, 2.05) is 9.47 Å². The zero-order valence-electron chi connectivity index (χ0n) is 18.4. The average Bonchev–Trinajstić information content (AvgIpc) is 3.59. The monoisotopic (exact) mass is 430 g/mol. The van der Waals surface area contributed by atoms with Gasteiger partial charge in [-0.1, -0.05) is 0 Å². The standard InChI is InChI=1S/C22H30N4O5/c1-29-12-11-25-22(28)26(17-7-8-17)20(23-25)16-5-4-10-24(14-16)21(27)15-6-9-18(30-2)19(13-15)31-3/h6,9,13,16-17H,4-5,7-8,10-12,14H2,1-3H3. The van der Waals surface area contributed by atoms with Crippen LogP contribution in [-0.4, -0.2) is 66.2 Å². The molecule has 1 aromatic heterocycles. The Kier molecular flexibility index (Phi) is 6.31. The average molecular weight is 431 g/mol. The molecule has 1 aromatic carbocycles. The van der Waals surface area contributed by atoms with Gasteiger partial charge in [0.05, 0.1) is 27.4 Å². The molecule has 0 radical (unpaired) electrons. The number of methoxy groups -OCH3 is 3. The first kappa shape index (κ1) is 21.4.